The number of anilines is 1. The summed E-state index contributed by atoms with van der Waals surface area (Å²) in [6, 6.07) is 19.4. The number of hydrogen-bond acceptors (Lipinski definition) is 4. The van der Waals surface area contributed by atoms with Crippen LogP contribution in [0.1, 0.15) is 22.6 Å². The average Bonchev–Trinajstić information content (AvgIpc) is 3.09. The summed E-state index contributed by atoms with van der Waals surface area (Å²) in [5.41, 5.74) is 5.28. The van der Waals surface area contributed by atoms with Crippen molar-refractivity contribution in [1.82, 2.24) is 4.98 Å². The van der Waals surface area contributed by atoms with E-state index >= 15 is 0 Å². The van der Waals surface area contributed by atoms with Crippen LogP contribution in [0.15, 0.2) is 69.6 Å². The predicted octanol–water partition coefficient (Wildman–Crippen LogP) is 5.82. The van der Waals surface area contributed by atoms with E-state index in [1.165, 1.54) is 0 Å². The van der Waals surface area contributed by atoms with Gasteiger partial charge in [-0.1, -0.05) is 36.4 Å². The lowest BCUT2D eigenvalue weighted by Crippen LogP contribution is -2.20. The predicted molar refractivity (Wildman–Crippen MR) is 121 cm³/mol. The molecule has 1 amide bonds. The number of oxazole rings is 1. The van der Waals surface area contributed by atoms with Crippen molar-refractivity contribution in [2.24, 2.45) is 0 Å². The van der Waals surface area contributed by atoms with Crippen LogP contribution in [0.5, 0.6) is 5.75 Å². The molecule has 6 heteroatoms. The number of fused-ring (bicyclic) bond motifs is 1. The normalized spacial score (nSPS) is 10.9. The molecule has 0 unspecified atom stereocenters. The molecule has 0 atom stereocenters. The van der Waals surface area contributed by atoms with Gasteiger partial charge in [-0.05, 0) is 70.7 Å². The van der Waals surface area contributed by atoms with Gasteiger partial charge in [-0.2, -0.15) is 0 Å². The molecule has 0 saturated carbocycles. The first-order valence-electron chi connectivity index (χ1n) is 9.61. The highest BCUT2D eigenvalue weighted by Crippen LogP contribution is 2.30. The number of nitrogens with zero attached hydrogens (tertiary/aromatic N) is 1. The standard InChI is InChI=1S/C24H21BrN2O3/c1-15-10-16(2)24(19(25)11-15)29-14-22(28)26-18-8-9-21-20(13-18)27-23(30-21)12-17-6-4-3-5-7-17/h3-11,13H,12,14H2,1-2H3,(H,26,28). The Morgan fingerprint density at radius 1 is 1.10 bits per heavy atom. The Balaban J connectivity index is 1.41. The van der Waals surface area contributed by atoms with E-state index in [0.717, 1.165) is 21.2 Å². The monoisotopic (exact) mass is 464 g/mol. The molecule has 0 radical (unpaired) electrons. The Kier molecular flexibility index (Phi) is 5.86. The van der Waals surface area contributed by atoms with E-state index in [-0.39, 0.29) is 12.5 Å². The molecule has 3 aromatic carbocycles. The highest BCUT2D eigenvalue weighted by Gasteiger charge is 2.11. The maximum Gasteiger partial charge on any atom is 0.262 e. The molecular weight excluding hydrogens is 444 g/mol. The highest BCUT2D eigenvalue weighted by molar-refractivity contribution is 9.10. The zero-order valence-electron chi connectivity index (χ0n) is 16.7. The number of carbonyl (C=O) groups is 1. The molecule has 0 aliphatic heterocycles. The van der Waals surface area contributed by atoms with Crippen LogP contribution >= 0.6 is 15.9 Å². The minimum Gasteiger partial charge on any atom is -0.482 e. The number of carbonyl (C=O) groups excluding carboxylic acids is 1. The third-order valence-corrected chi connectivity index (χ3v) is 5.22. The second kappa shape index (κ2) is 8.71. The van der Waals surface area contributed by atoms with Gasteiger partial charge in [0.1, 0.15) is 11.3 Å². The highest BCUT2D eigenvalue weighted by atomic mass is 79.9. The first-order valence-corrected chi connectivity index (χ1v) is 10.4. The zero-order valence-corrected chi connectivity index (χ0v) is 18.3. The van der Waals surface area contributed by atoms with Crippen molar-refractivity contribution in [3.63, 3.8) is 0 Å². The van der Waals surface area contributed by atoms with Crippen molar-refractivity contribution < 1.29 is 13.9 Å². The van der Waals surface area contributed by atoms with Crippen molar-refractivity contribution in [2.75, 3.05) is 11.9 Å². The number of benzene rings is 3. The molecule has 4 rings (SSSR count). The molecule has 4 aromatic rings. The summed E-state index contributed by atoms with van der Waals surface area (Å²) in [7, 11) is 0. The van der Waals surface area contributed by atoms with Gasteiger partial charge in [-0.15, -0.1) is 0 Å². The van der Waals surface area contributed by atoms with Crippen LogP contribution < -0.4 is 10.1 Å². The summed E-state index contributed by atoms with van der Waals surface area (Å²) in [5, 5.41) is 2.85. The number of halogens is 1. The van der Waals surface area contributed by atoms with Gasteiger partial charge < -0.3 is 14.5 Å². The van der Waals surface area contributed by atoms with Gasteiger partial charge in [-0.3, -0.25) is 4.79 Å². The molecule has 152 valence electrons. The lowest BCUT2D eigenvalue weighted by Gasteiger charge is -2.12. The van der Waals surface area contributed by atoms with Crippen molar-refractivity contribution >= 4 is 38.6 Å². The Bertz CT molecular complexity index is 1180. The van der Waals surface area contributed by atoms with Crippen molar-refractivity contribution in [3.05, 3.63) is 87.7 Å². The number of aromatic nitrogens is 1. The van der Waals surface area contributed by atoms with Gasteiger partial charge in [0.05, 0.1) is 4.47 Å². The fourth-order valence-electron chi connectivity index (χ4n) is 3.32. The van der Waals surface area contributed by atoms with Gasteiger partial charge in [0.25, 0.3) is 5.91 Å². The fraction of sp³-hybridized carbons (Fsp3) is 0.167. The number of aryl methyl sites for hydroxylation is 2. The van der Waals surface area contributed by atoms with E-state index in [1.807, 2.05) is 62.4 Å². The third kappa shape index (κ3) is 4.71. The van der Waals surface area contributed by atoms with Crippen LogP contribution in [0.2, 0.25) is 0 Å². The quantitative estimate of drug-likeness (QED) is 0.390. The van der Waals surface area contributed by atoms with Gasteiger partial charge in [0.2, 0.25) is 0 Å². The van der Waals surface area contributed by atoms with Gasteiger partial charge in [0.15, 0.2) is 18.1 Å². The molecule has 0 spiro atoms. The molecule has 0 fully saturated rings. The number of rotatable bonds is 6. The van der Waals surface area contributed by atoms with E-state index in [2.05, 4.69) is 26.2 Å². The summed E-state index contributed by atoms with van der Waals surface area (Å²) in [5.74, 6) is 1.07. The number of amides is 1. The van der Waals surface area contributed by atoms with Crippen LogP contribution in [0, 0.1) is 13.8 Å². The van der Waals surface area contributed by atoms with Gasteiger partial charge >= 0.3 is 0 Å². The van der Waals surface area contributed by atoms with E-state index in [9.17, 15) is 4.79 Å². The number of nitrogens with one attached hydrogen (secondary N) is 1. The lowest BCUT2D eigenvalue weighted by atomic mass is 10.1. The molecule has 1 heterocycles. The van der Waals surface area contributed by atoms with Crippen molar-refractivity contribution in [2.45, 2.75) is 20.3 Å². The first kappa shape index (κ1) is 20.2. The molecule has 30 heavy (non-hydrogen) atoms. The molecule has 1 aromatic heterocycles. The van der Waals surface area contributed by atoms with E-state index in [4.69, 9.17) is 9.15 Å². The van der Waals surface area contributed by atoms with Crippen LogP contribution in [-0.2, 0) is 11.2 Å². The van der Waals surface area contributed by atoms with Crippen LogP contribution in [-0.4, -0.2) is 17.5 Å². The molecule has 0 bridgehead atoms. The van der Waals surface area contributed by atoms with Crippen LogP contribution in [0.25, 0.3) is 11.1 Å². The Morgan fingerprint density at radius 3 is 2.67 bits per heavy atom. The second-order valence-corrected chi connectivity index (χ2v) is 8.04. The van der Waals surface area contributed by atoms with Crippen LogP contribution in [0.3, 0.4) is 0 Å². The Labute approximate surface area is 183 Å². The summed E-state index contributed by atoms with van der Waals surface area (Å²) in [6.07, 6.45) is 0.621. The van der Waals surface area contributed by atoms with Gasteiger partial charge in [-0.25, -0.2) is 4.98 Å². The first-order chi connectivity index (χ1) is 14.5. The SMILES string of the molecule is Cc1cc(C)c(OCC(=O)Nc2ccc3oc(Cc4ccccc4)nc3c2)c(Br)c1. The maximum absolute atomic E-state index is 12.4. The van der Waals surface area contributed by atoms with Crippen molar-refractivity contribution in [1.29, 1.82) is 0 Å². The number of ether oxygens (including phenoxy) is 1. The molecule has 0 aliphatic rings. The average molecular weight is 465 g/mol. The lowest BCUT2D eigenvalue weighted by molar-refractivity contribution is -0.118. The van der Waals surface area contributed by atoms with Crippen LogP contribution in [0.4, 0.5) is 5.69 Å². The van der Waals surface area contributed by atoms with E-state index in [0.29, 0.717) is 34.8 Å². The van der Waals surface area contributed by atoms with E-state index < -0.39 is 0 Å². The number of hydrogen-bond donors (Lipinski definition) is 1. The minimum absolute atomic E-state index is 0.0847. The maximum atomic E-state index is 12.4. The Morgan fingerprint density at radius 2 is 1.90 bits per heavy atom. The fourth-order valence-corrected chi connectivity index (χ4v) is 4.11. The van der Waals surface area contributed by atoms with Crippen molar-refractivity contribution in [3.8, 4) is 5.75 Å². The Hall–Kier alpha value is -3.12. The van der Waals surface area contributed by atoms with Gasteiger partial charge in [0, 0.05) is 12.1 Å². The third-order valence-electron chi connectivity index (χ3n) is 4.64. The molecular formula is C24H21BrN2O3. The zero-order chi connectivity index (χ0) is 21.1. The molecule has 0 aliphatic carbocycles. The molecule has 5 nitrogen and oxygen atoms in total. The topological polar surface area (TPSA) is 64.4 Å². The molecule has 0 saturated heterocycles. The summed E-state index contributed by atoms with van der Waals surface area (Å²) in [6.45, 7) is 3.88. The summed E-state index contributed by atoms with van der Waals surface area (Å²) >= 11 is 3.49. The second-order valence-electron chi connectivity index (χ2n) is 7.18. The summed E-state index contributed by atoms with van der Waals surface area (Å²) in [4.78, 5) is 16.9. The largest absolute Gasteiger partial charge is 0.482 e. The van der Waals surface area contributed by atoms with E-state index in [1.54, 1.807) is 12.1 Å². The summed E-state index contributed by atoms with van der Waals surface area (Å²) < 4.78 is 12.4. The minimum atomic E-state index is -0.241. The molecule has 1 N–H and O–H groups in total. The smallest absolute Gasteiger partial charge is 0.262 e.